The molecule has 2 rings (SSSR count). The van der Waals surface area contributed by atoms with E-state index in [-0.39, 0.29) is 17.9 Å². The third kappa shape index (κ3) is 2.53. The van der Waals surface area contributed by atoms with Crippen LogP contribution in [-0.2, 0) is 0 Å². The van der Waals surface area contributed by atoms with Crippen molar-refractivity contribution in [1.29, 1.82) is 0 Å². The lowest BCUT2D eigenvalue weighted by atomic mass is 10.4. The van der Waals surface area contributed by atoms with Crippen molar-refractivity contribution in [1.82, 2.24) is 15.2 Å². The van der Waals surface area contributed by atoms with E-state index in [2.05, 4.69) is 20.5 Å². The highest BCUT2D eigenvalue weighted by Gasteiger charge is 2.12. The third-order valence-electron chi connectivity index (χ3n) is 1.91. The molecule has 7 nitrogen and oxygen atoms in total. The van der Waals surface area contributed by atoms with Gasteiger partial charge in [-0.15, -0.1) is 16.4 Å². The molecule has 0 saturated heterocycles. The lowest BCUT2D eigenvalue weighted by molar-refractivity contribution is 0.102. The molecular formula is C9H10N4O3S. The van der Waals surface area contributed by atoms with E-state index >= 15 is 0 Å². The molecule has 0 bridgehead atoms. The van der Waals surface area contributed by atoms with Crippen LogP contribution in [0.1, 0.15) is 9.67 Å². The Bertz CT molecular complexity index is 522. The first-order valence-corrected chi connectivity index (χ1v) is 5.51. The summed E-state index contributed by atoms with van der Waals surface area (Å²) in [4.78, 5) is 16.2. The standard InChI is InChI=1S/C9H10N4O3S/c1-15-5-3-6(17-4-5)7(14)10-8-11-9(16-2)13-12-8/h3-4H,1-2H3,(H2,10,11,12,13,14). The minimum absolute atomic E-state index is 0.170. The van der Waals surface area contributed by atoms with Gasteiger partial charge in [-0.1, -0.05) is 0 Å². The van der Waals surface area contributed by atoms with Crippen LogP contribution < -0.4 is 14.8 Å². The molecule has 8 heteroatoms. The second-order valence-electron chi connectivity index (χ2n) is 2.98. The van der Waals surface area contributed by atoms with Crippen LogP contribution in [-0.4, -0.2) is 35.3 Å². The molecule has 0 aliphatic carbocycles. The Morgan fingerprint density at radius 1 is 1.47 bits per heavy atom. The fourth-order valence-electron chi connectivity index (χ4n) is 1.11. The van der Waals surface area contributed by atoms with Crippen molar-refractivity contribution >= 4 is 23.2 Å². The van der Waals surface area contributed by atoms with Gasteiger partial charge in [0, 0.05) is 11.4 Å². The van der Waals surface area contributed by atoms with E-state index in [1.807, 2.05) is 0 Å². The van der Waals surface area contributed by atoms with Gasteiger partial charge in [0.1, 0.15) is 5.75 Å². The van der Waals surface area contributed by atoms with Gasteiger partial charge in [-0.3, -0.25) is 10.1 Å². The number of anilines is 1. The molecule has 2 heterocycles. The van der Waals surface area contributed by atoms with Crippen LogP contribution in [0.15, 0.2) is 11.4 Å². The first-order chi connectivity index (χ1) is 8.22. The van der Waals surface area contributed by atoms with E-state index < -0.39 is 0 Å². The summed E-state index contributed by atoms with van der Waals surface area (Å²) in [5, 5.41) is 10.5. The summed E-state index contributed by atoms with van der Waals surface area (Å²) in [6.07, 6.45) is 0. The second-order valence-corrected chi connectivity index (χ2v) is 3.89. The van der Waals surface area contributed by atoms with Gasteiger partial charge in [0.2, 0.25) is 5.95 Å². The Labute approximate surface area is 101 Å². The van der Waals surface area contributed by atoms with Crippen molar-refractivity contribution in [2.24, 2.45) is 0 Å². The topological polar surface area (TPSA) is 89.1 Å². The molecule has 1 amide bonds. The highest BCUT2D eigenvalue weighted by molar-refractivity contribution is 7.12. The number of hydrogen-bond donors (Lipinski definition) is 2. The van der Waals surface area contributed by atoms with E-state index in [9.17, 15) is 4.79 Å². The van der Waals surface area contributed by atoms with Crippen molar-refractivity contribution in [3.05, 3.63) is 16.3 Å². The summed E-state index contributed by atoms with van der Waals surface area (Å²) in [5.41, 5.74) is 0. The summed E-state index contributed by atoms with van der Waals surface area (Å²) in [5.74, 6) is 0.603. The number of amides is 1. The normalized spacial score (nSPS) is 10.0. The Morgan fingerprint density at radius 3 is 2.88 bits per heavy atom. The van der Waals surface area contributed by atoms with E-state index in [0.717, 1.165) is 0 Å². The summed E-state index contributed by atoms with van der Waals surface area (Å²) >= 11 is 1.28. The molecule has 0 aromatic carbocycles. The molecule has 90 valence electrons. The fourth-order valence-corrected chi connectivity index (χ4v) is 1.86. The van der Waals surface area contributed by atoms with Crippen molar-refractivity contribution < 1.29 is 14.3 Å². The maximum atomic E-state index is 11.8. The van der Waals surface area contributed by atoms with E-state index in [1.54, 1.807) is 18.6 Å². The largest absolute Gasteiger partial charge is 0.496 e. The molecule has 0 aliphatic heterocycles. The van der Waals surface area contributed by atoms with Crippen LogP contribution in [0.5, 0.6) is 11.8 Å². The Kier molecular flexibility index (Phi) is 3.24. The molecule has 0 unspecified atom stereocenters. The Morgan fingerprint density at radius 2 is 2.29 bits per heavy atom. The molecule has 0 saturated carbocycles. The number of carbonyl (C=O) groups is 1. The number of methoxy groups -OCH3 is 2. The fraction of sp³-hybridized carbons (Fsp3) is 0.222. The minimum Gasteiger partial charge on any atom is -0.496 e. The molecule has 2 aromatic rings. The first-order valence-electron chi connectivity index (χ1n) is 4.63. The molecule has 0 spiro atoms. The molecule has 2 N–H and O–H groups in total. The van der Waals surface area contributed by atoms with Crippen molar-refractivity contribution in [2.45, 2.75) is 0 Å². The van der Waals surface area contributed by atoms with Gasteiger partial charge < -0.3 is 9.47 Å². The molecular weight excluding hydrogens is 244 g/mol. The van der Waals surface area contributed by atoms with Gasteiger partial charge in [0.15, 0.2) is 0 Å². The number of nitrogens with zero attached hydrogens (tertiary/aromatic N) is 2. The molecule has 2 aromatic heterocycles. The average Bonchev–Trinajstić information content (AvgIpc) is 2.96. The molecule has 0 fully saturated rings. The number of thiophene rings is 1. The van der Waals surface area contributed by atoms with Crippen LogP contribution in [0.25, 0.3) is 0 Å². The number of nitrogens with one attached hydrogen (secondary N) is 2. The molecule has 17 heavy (non-hydrogen) atoms. The van der Waals surface area contributed by atoms with Gasteiger partial charge >= 0.3 is 6.01 Å². The lowest BCUT2D eigenvalue weighted by Gasteiger charge is -1.97. The summed E-state index contributed by atoms with van der Waals surface area (Å²) in [7, 11) is 2.99. The SMILES string of the molecule is COc1csc(C(=O)Nc2nc(OC)n[nH]2)c1. The van der Waals surface area contributed by atoms with Crippen LogP contribution in [0.3, 0.4) is 0 Å². The van der Waals surface area contributed by atoms with Crippen molar-refractivity contribution in [3.8, 4) is 11.8 Å². The number of hydrogen-bond acceptors (Lipinski definition) is 6. The number of H-pyrrole nitrogens is 1. The zero-order valence-electron chi connectivity index (χ0n) is 9.18. The predicted molar refractivity (Wildman–Crippen MR) is 61.8 cm³/mol. The van der Waals surface area contributed by atoms with Crippen molar-refractivity contribution in [3.63, 3.8) is 0 Å². The maximum absolute atomic E-state index is 11.8. The van der Waals surface area contributed by atoms with E-state index in [1.165, 1.54) is 18.4 Å². The van der Waals surface area contributed by atoms with Gasteiger partial charge in [-0.2, -0.15) is 4.98 Å². The van der Waals surface area contributed by atoms with Gasteiger partial charge in [0.25, 0.3) is 5.91 Å². The second kappa shape index (κ2) is 4.83. The van der Waals surface area contributed by atoms with Crippen LogP contribution >= 0.6 is 11.3 Å². The average molecular weight is 254 g/mol. The first kappa shape index (κ1) is 11.4. The molecule has 0 radical (unpaired) electrons. The highest BCUT2D eigenvalue weighted by atomic mass is 32.1. The Hall–Kier alpha value is -2.09. The smallest absolute Gasteiger partial charge is 0.336 e. The Balaban J connectivity index is 2.05. The zero-order valence-corrected chi connectivity index (χ0v) is 10.00. The number of ether oxygens (including phenoxy) is 2. The minimum atomic E-state index is -0.280. The quantitative estimate of drug-likeness (QED) is 0.853. The third-order valence-corrected chi connectivity index (χ3v) is 2.82. The van der Waals surface area contributed by atoms with Crippen LogP contribution in [0, 0.1) is 0 Å². The summed E-state index contributed by atoms with van der Waals surface area (Å²) in [6, 6.07) is 1.82. The van der Waals surface area contributed by atoms with Crippen LogP contribution in [0.4, 0.5) is 5.95 Å². The van der Waals surface area contributed by atoms with Gasteiger partial charge in [0.05, 0.1) is 19.1 Å². The zero-order chi connectivity index (χ0) is 12.3. The van der Waals surface area contributed by atoms with E-state index in [0.29, 0.717) is 10.6 Å². The number of aromatic amines is 1. The monoisotopic (exact) mass is 254 g/mol. The predicted octanol–water partition coefficient (Wildman–Crippen LogP) is 1.14. The van der Waals surface area contributed by atoms with Crippen molar-refractivity contribution in [2.75, 3.05) is 19.5 Å². The number of carbonyl (C=O) groups excluding carboxylic acids is 1. The molecule has 0 aliphatic rings. The highest BCUT2D eigenvalue weighted by Crippen LogP contribution is 2.21. The van der Waals surface area contributed by atoms with Gasteiger partial charge in [-0.25, -0.2) is 5.10 Å². The van der Waals surface area contributed by atoms with Crippen LogP contribution in [0.2, 0.25) is 0 Å². The number of rotatable bonds is 4. The number of aromatic nitrogens is 3. The van der Waals surface area contributed by atoms with Gasteiger partial charge in [-0.05, 0) is 0 Å². The summed E-state index contributed by atoms with van der Waals surface area (Å²) in [6.45, 7) is 0. The lowest BCUT2D eigenvalue weighted by Crippen LogP contribution is -2.11. The molecule has 0 atom stereocenters. The summed E-state index contributed by atoms with van der Waals surface area (Å²) < 4.78 is 9.77. The maximum Gasteiger partial charge on any atom is 0.336 e. The van der Waals surface area contributed by atoms with E-state index in [4.69, 9.17) is 9.47 Å².